The van der Waals surface area contributed by atoms with Crippen LogP contribution in [0.4, 0.5) is 0 Å². The van der Waals surface area contributed by atoms with Crippen molar-refractivity contribution >= 4 is 11.6 Å². The van der Waals surface area contributed by atoms with Crippen molar-refractivity contribution in [3.8, 4) is 6.01 Å². The van der Waals surface area contributed by atoms with Gasteiger partial charge in [-0.05, 0) is 13.8 Å². The molecule has 0 atom stereocenters. The quantitative estimate of drug-likeness (QED) is 0.851. The van der Waals surface area contributed by atoms with E-state index < -0.39 is 0 Å². The van der Waals surface area contributed by atoms with Crippen LogP contribution in [0.2, 0.25) is 5.02 Å². The minimum Gasteiger partial charge on any atom is -0.468 e. The second-order valence-electron chi connectivity index (χ2n) is 4.28. The smallest absolute Gasteiger partial charge is 0.299 e. The zero-order valence-electron chi connectivity index (χ0n) is 11.3. The normalized spacial score (nSPS) is 10.8. The van der Waals surface area contributed by atoms with Crippen LogP contribution in [-0.2, 0) is 13.6 Å². The van der Waals surface area contributed by atoms with E-state index in [2.05, 4.69) is 10.1 Å². The maximum Gasteiger partial charge on any atom is 0.299 e. The van der Waals surface area contributed by atoms with Gasteiger partial charge >= 0.3 is 0 Å². The monoisotopic (exact) mass is 282 g/mol. The van der Waals surface area contributed by atoms with Gasteiger partial charge < -0.3 is 4.74 Å². The van der Waals surface area contributed by atoms with Crippen molar-refractivity contribution in [2.75, 3.05) is 7.11 Å². The van der Waals surface area contributed by atoms with Crippen LogP contribution in [0.3, 0.4) is 0 Å². The first kappa shape index (κ1) is 13.6. The van der Waals surface area contributed by atoms with Gasteiger partial charge in [-0.15, -0.1) is 0 Å². The number of halogens is 1. The van der Waals surface area contributed by atoms with Gasteiger partial charge in [-0.25, -0.2) is 4.98 Å². The molecule has 0 radical (unpaired) electrons. The molecule has 0 saturated heterocycles. The highest BCUT2D eigenvalue weighted by Crippen LogP contribution is 2.21. The minimum absolute atomic E-state index is 0.181. The Labute approximate surface area is 115 Å². The number of methoxy groups -OCH3 is 1. The maximum atomic E-state index is 12.0. The molecule has 0 aliphatic rings. The Kier molecular flexibility index (Phi) is 3.61. The molecular formula is C12H15ClN4O2. The second-order valence-corrected chi connectivity index (χ2v) is 4.66. The summed E-state index contributed by atoms with van der Waals surface area (Å²) < 4.78 is 8.23. The lowest BCUT2D eigenvalue weighted by Crippen LogP contribution is -2.24. The van der Waals surface area contributed by atoms with E-state index in [9.17, 15) is 4.79 Å². The molecule has 2 aromatic heterocycles. The highest BCUT2D eigenvalue weighted by molar-refractivity contribution is 6.31. The first-order chi connectivity index (χ1) is 8.93. The van der Waals surface area contributed by atoms with Gasteiger partial charge in [0.05, 0.1) is 30.1 Å². The van der Waals surface area contributed by atoms with Crippen molar-refractivity contribution in [3.63, 3.8) is 0 Å². The Balaban J connectivity index is 2.52. The van der Waals surface area contributed by atoms with Crippen LogP contribution >= 0.6 is 11.6 Å². The average Bonchev–Trinajstić information content (AvgIpc) is 2.58. The summed E-state index contributed by atoms with van der Waals surface area (Å²) in [5, 5.41) is 4.77. The zero-order chi connectivity index (χ0) is 14.2. The highest BCUT2D eigenvalue weighted by Gasteiger charge is 2.15. The highest BCUT2D eigenvalue weighted by atomic mass is 35.5. The van der Waals surface area contributed by atoms with Crippen LogP contribution < -0.4 is 10.3 Å². The predicted octanol–water partition coefficient (Wildman–Crippen LogP) is 1.30. The van der Waals surface area contributed by atoms with Gasteiger partial charge in [-0.1, -0.05) is 11.6 Å². The molecule has 0 spiro atoms. The van der Waals surface area contributed by atoms with Crippen molar-refractivity contribution in [3.05, 3.63) is 38.5 Å². The SMILES string of the molecule is COc1nc(C)cc(=O)n1Cc1c(Cl)c(C)nn1C. The summed E-state index contributed by atoms with van der Waals surface area (Å²) in [5.41, 5.74) is 1.90. The van der Waals surface area contributed by atoms with Crippen molar-refractivity contribution in [1.29, 1.82) is 0 Å². The van der Waals surface area contributed by atoms with E-state index in [0.29, 0.717) is 10.7 Å². The number of aryl methyl sites for hydroxylation is 3. The Bertz CT molecular complexity index is 675. The van der Waals surface area contributed by atoms with Gasteiger partial charge in [-0.2, -0.15) is 5.10 Å². The Morgan fingerprint density at radius 3 is 2.63 bits per heavy atom. The van der Waals surface area contributed by atoms with Gasteiger partial charge in [0.25, 0.3) is 11.6 Å². The van der Waals surface area contributed by atoms with Crippen molar-refractivity contribution in [1.82, 2.24) is 19.3 Å². The predicted molar refractivity (Wildman–Crippen MR) is 71.8 cm³/mol. The molecule has 6 nitrogen and oxygen atoms in total. The zero-order valence-corrected chi connectivity index (χ0v) is 12.0. The van der Waals surface area contributed by atoms with Crippen molar-refractivity contribution in [2.45, 2.75) is 20.4 Å². The molecule has 2 heterocycles. The molecule has 19 heavy (non-hydrogen) atoms. The summed E-state index contributed by atoms with van der Waals surface area (Å²) in [7, 11) is 3.27. The van der Waals surface area contributed by atoms with Gasteiger partial charge in [0.15, 0.2) is 0 Å². The lowest BCUT2D eigenvalue weighted by Gasteiger charge is -2.11. The fourth-order valence-electron chi connectivity index (χ4n) is 1.90. The van der Waals surface area contributed by atoms with E-state index in [4.69, 9.17) is 16.3 Å². The summed E-state index contributed by atoms with van der Waals surface area (Å²) >= 11 is 6.18. The first-order valence-corrected chi connectivity index (χ1v) is 6.12. The fraction of sp³-hybridized carbons (Fsp3) is 0.417. The maximum absolute atomic E-state index is 12.0. The number of aromatic nitrogens is 4. The standard InChI is InChI=1S/C12H15ClN4O2/c1-7-5-10(18)17(12(14-7)19-4)6-9-11(13)8(2)15-16(9)3/h5H,6H2,1-4H3. The number of nitrogens with zero attached hydrogens (tertiary/aromatic N) is 4. The second kappa shape index (κ2) is 5.05. The molecule has 0 fully saturated rings. The number of hydrogen-bond donors (Lipinski definition) is 0. The molecule has 0 unspecified atom stereocenters. The summed E-state index contributed by atoms with van der Waals surface area (Å²) in [6.07, 6.45) is 0. The Morgan fingerprint density at radius 2 is 2.11 bits per heavy atom. The fourth-order valence-corrected chi connectivity index (χ4v) is 2.12. The molecule has 0 aliphatic heterocycles. The van der Waals surface area contributed by atoms with Crippen molar-refractivity contribution < 1.29 is 4.74 Å². The van der Waals surface area contributed by atoms with E-state index in [1.165, 1.54) is 17.7 Å². The van der Waals surface area contributed by atoms with E-state index in [1.54, 1.807) is 18.7 Å². The lowest BCUT2D eigenvalue weighted by molar-refractivity contribution is 0.348. The third-order valence-corrected chi connectivity index (χ3v) is 3.35. The molecule has 0 bridgehead atoms. The summed E-state index contributed by atoms with van der Waals surface area (Å²) in [4.78, 5) is 16.2. The molecule has 0 amide bonds. The summed E-state index contributed by atoms with van der Waals surface area (Å²) in [6, 6.07) is 1.72. The molecule has 2 aromatic rings. The number of rotatable bonds is 3. The topological polar surface area (TPSA) is 61.9 Å². The Hall–Kier alpha value is -1.82. The van der Waals surface area contributed by atoms with Crippen LogP contribution in [0, 0.1) is 13.8 Å². The molecule has 102 valence electrons. The molecular weight excluding hydrogens is 268 g/mol. The molecule has 0 aliphatic carbocycles. The Morgan fingerprint density at radius 1 is 1.42 bits per heavy atom. The van der Waals surface area contributed by atoms with Crippen molar-refractivity contribution in [2.24, 2.45) is 7.05 Å². The molecule has 0 N–H and O–H groups in total. The van der Waals surface area contributed by atoms with Gasteiger partial charge in [-0.3, -0.25) is 14.0 Å². The largest absolute Gasteiger partial charge is 0.468 e. The summed E-state index contributed by atoms with van der Waals surface area (Å²) in [5.74, 6) is 0. The number of ether oxygens (including phenoxy) is 1. The van der Waals surface area contributed by atoms with Gasteiger partial charge in [0, 0.05) is 18.8 Å². The third-order valence-electron chi connectivity index (χ3n) is 2.85. The molecule has 7 heteroatoms. The van der Waals surface area contributed by atoms with Crippen LogP contribution in [0.5, 0.6) is 6.01 Å². The first-order valence-electron chi connectivity index (χ1n) is 5.74. The lowest BCUT2D eigenvalue weighted by atomic mass is 10.3. The third kappa shape index (κ3) is 2.49. The number of hydrogen-bond acceptors (Lipinski definition) is 4. The van der Waals surface area contributed by atoms with Crippen LogP contribution in [0.25, 0.3) is 0 Å². The summed E-state index contributed by atoms with van der Waals surface area (Å²) in [6.45, 7) is 3.83. The molecule has 0 aromatic carbocycles. The van der Waals surface area contributed by atoms with Gasteiger partial charge in [0.1, 0.15) is 0 Å². The van der Waals surface area contributed by atoms with Crippen LogP contribution in [0.1, 0.15) is 17.1 Å². The van der Waals surface area contributed by atoms with E-state index >= 15 is 0 Å². The van der Waals surface area contributed by atoms with E-state index in [1.807, 2.05) is 6.92 Å². The molecule has 2 rings (SSSR count). The van der Waals surface area contributed by atoms with Crippen LogP contribution in [0.15, 0.2) is 10.9 Å². The van der Waals surface area contributed by atoms with E-state index in [0.717, 1.165) is 11.4 Å². The van der Waals surface area contributed by atoms with E-state index in [-0.39, 0.29) is 18.1 Å². The average molecular weight is 283 g/mol. The van der Waals surface area contributed by atoms with Gasteiger partial charge in [0.2, 0.25) is 0 Å². The minimum atomic E-state index is -0.181. The van der Waals surface area contributed by atoms with Crippen LogP contribution in [-0.4, -0.2) is 26.4 Å². The molecule has 0 saturated carbocycles.